The Labute approximate surface area is 131 Å². The van der Waals surface area contributed by atoms with Crippen LogP contribution in [0.25, 0.3) is 0 Å². The van der Waals surface area contributed by atoms with Crippen molar-refractivity contribution in [2.24, 2.45) is 11.7 Å². The van der Waals surface area contributed by atoms with Crippen LogP contribution in [0.1, 0.15) is 12.5 Å². The Hall–Kier alpha value is -1.48. The van der Waals surface area contributed by atoms with E-state index in [1.807, 2.05) is 0 Å². The number of amides is 1. The summed E-state index contributed by atoms with van der Waals surface area (Å²) in [6.07, 6.45) is 0. The number of ether oxygens (including phenoxy) is 1. The minimum atomic E-state index is -3.53. The van der Waals surface area contributed by atoms with Gasteiger partial charge < -0.3 is 15.8 Å². The molecule has 1 aromatic carbocycles. The number of sulfonamides is 1. The van der Waals surface area contributed by atoms with Gasteiger partial charge in [0.25, 0.3) is 0 Å². The average Bonchev–Trinajstić information content (AvgIpc) is 2.52. The molecule has 22 heavy (non-hydrogen) atoms. The van der Waals surface area contributed by atoms with Gasteiger partial charge in [0.15, 0.2) is 0 Å². The zero-order valence-corrected chi connectivity index (χ0v) is 13.7. The van der Waals surface area contributed by atoms with E-state index in [1.54, 1.807) is 19.1 Å². The van der Waals surface area contributed by atoms with Crippen LogP contribution in [0.5, 0.6) is 0 Å². The molecule has 0 spiro atoms. The number of carbonyl (C=O) groups is 1. The van der Waals surface area contributed by atoms with Gasteiger partial charge in [-0.15, -0.1) is 0 Å². The summed E-state index contributed by atoms with van der Waals surface area (Å²) in [5.74, 6) is -0.370. The van der Waals surface area contributed by atoms with Gasteiger partial charge >= 0.3 is 0 Å². The topological polar surface area (TPSA) is 111 Å². The van der Waals surface area contributed by atoms with Crippen LogP contribution in [-0.4, -0.2) is 41.1 Å². The molecule has 1 aromatic rings. The molecule has 1 rings (SSSR count). The Kier molecular flexibility index (Phi) is 7.46. The number of nitrogens with two attached hydrogens (primary N) is 1. The van der Waals surface area contributed by atoms with Gasteiger partial charge in [-0.25, -0.2) is 13.1 Å². The van der Waals surface area contributed by atoms with Crippen LogP contribution in [0.15, 0.2) is 29.2 Å². The lowest BCUT2D eigenvalue weighted by Gasteiger charge is -2.10. The summed E-state index contributed by atoms with van der Waals surface area (Å²) in [6, 6.07) is 6.34. The first-order valence-electron chi connectivity index (χ1n) is 6.96. The first-order valence-corrected chi connectivity index (χ1v) is 8.44. The van der Waals surface area contributed by atoms with E-state index in [1.165, 1.54) is 19.2 Å². The van der Waals surface area contributed by atoms with Crippen LogP contribution in [0.2, 0.25) is 0 Å². The van der Waals surface area contributed by atoms with Crippen LogP contribution < -0.4 is 15.8 Å². The first kappa shape index (κ1) is 18.6. The molecule has 8 heteroatoms. The summed E-state index contributed by atoms with van der Waals surface area (Å²) in [4.78, 5) is 11.8. The van der Waals surface area contributed by atoms with Crippen molar-refractivity contribution in [1.29, 1.82) is 0 Å². The zero-order chi connectivity index (χ0) is 16.6. The number of rotatable bonds is 9. The molecule has 124 valence electrons. The van der Waals surface area contributed by atoms with Crippen molar-refractivity contribution in [2.75, 3.05) is 26.8 Å². The SMILES string of the molecule is COCCNS(=O)(=O)c1ccc(CNC(=O)C(C)CN)cc1. The molecule has 1 amide bonds. The van der Waals surface area contributed by atoms with E-state index in [0.29, 0.717) is 13.2 Å². The van der Waals surface area contributed by atoms with E-state index < -0.39 is 10.0 Å². The number of nitrogens with one attached hydrogen (secondary N) is 2. The molecular weight excluding hydrogens is 306 g/mol. The third-order valence-electron chi connectivity index (χ3n) is 3.10. The second-order valence-corrected chi connectivity index (χ2v) is 6.66. The highest BCUT2D eigenvalue weighted by Gasteiger charge is 2.13. The lowest BCUT2D eigenvalue weighted by molar-refractivity contribution is -0.124. The fourth-order valence-corrected chi connectivity index (χ4v) is 2.63. The summed E-state index contributed by atoms with van der Waals surface area (Å²) in [7, 11) is -2.03. The van der Waals surface area contributed by atoms with Crippen LogP contribution in [-0.2, 0) is 26.1 Å². The number of benzene rings is 1. The molecule has 0 fully saturated rings. The van der Waals surface area contributed by atoms with Crippen LogP contribution in [0, 0.1) is 5.92 Å². The molecule has 0 saturated carbocycles. The third-order valence-corrected chi connectivity index (χ3v) is 4.58. The summed E-state index contributed by atoms with van der Waals surface area (Å²) in [5.41, 5.74) is 6.23. The monoisotopic (exact) mass is 329 g/mol. The molecule has 0 saturated heterocycles. The van der Waals surface area contributed by atoms with Crippen molar-refractivity contribution in [2.45, 2.75) is 18.4 Å². The molecule has 0 bridgehead atoms. The second-order valence-electron chi connectivity index (χ2n) is 4.89. The highest BCUT2D eigenvalue weighted by molar-refractivity contribution is 7.89. The normalized spacial score (nSPS) is 12.9. The van der Waals surface area contributed by atoms with Crippen LogP contribution >= 0.6 is 0 Å². The summed E-state index contributed by atoms with van der Waals surface area (Å²) in [5, 5.41) is 2.75. The lowest BCUT2D eigenvalue weighted by atomic mass is 10.1. The summed E-state index contributed by atoms with van der Waals surface area (Å²) in [6.45, 7) is 2.89. The van der Waals surface area contributed by atoms with Crippen molar-refractivity contribution in [3.63, 3.8) is 0 Å². The Morgan fingerprint density at radius 2 is 1.95 bits per heavy atom. The Morgan fingerprint density at radius 1 is 1.32 bits per heavy atom. The highest BCUT2D eigenvalue weighted by atomic mass is 32.2. The number of hydrogen-bond donors (Lipinski definition) is 3. The van der Waals surface area contributed by atoms with Gasteiger partial charge in [0.05, 0.1) is 11.5 Å². The number of hydrogen-bond acceptors (Lipinski definition) is 5. The molecule has 1 atom stereocenters. The molecule has 0 aliphatic carbocycles. The van der Waals surface area contributed by atoms with E-state index >= 15 is 0 Å². The fourth-order valence-electron chi connectivity index (χ4n) is 1.62. The largest absolute Gasteiger partial charge is 0.383 e. The molecule has 0 heterocycles. The smallest absolute Gasteiger partial charge is 0.240 e. The molecule has 7 nitrogen and oxygen atoms in total. The number of methoxy groups -OCH3 is 1. The minimum absolute atomic E-state index is 0.125. The minimum Gasteiger partial charge on any atom is -0.383 e. The van der Waals surface area contributed by atoms with Gasteiger partial charge in [0.2, 0.25) is 15.9 Å². The van der Waals surface area contributed by atoms with Gasteiger partial charge in [0.1, 0.15) is 0 Å². The maximum atomic E-state index is 12.0. The van der Waals surface area contributed by atoms with Crippen LogP contribution in [0.3, 0.4) is 0 Å². The Bertz CT molecular complexity index is 572. The van der Waals surface area contributed by atoms with Gasteiger partial charge in [0, 0.05) is 32.7 Å². The van der Waals surface area contributed by atoms with Crippen molar-refractivity contribution < 1.29 is 17.9 Å². The maximum Gasteiger partial charge on any atom is 0.240 e. The Balaban J connectivity index is 2.61. The van der Waals surface area contributed by atoms with E-state index in [-0.39, 0.29) is 29.8 Å². The second kappa shape index (κ2) is 8.84. The van der Waals surface area contributed by atoms with Gasteiger partial charge in [-0.1, -0.05) is 19.1 Å². The standard InChI is InChI=1S/C14H23N3O4S/c1-11(9-15)14(18)16-10-12-3-5-13(6-4-12)22(19,20)17-7-8-21-2/h3-6,11,17H,7-10,15H2,1-2H3,(H,16,18). The van der Waals surface area contributed by atoms with Crippen molar-refractivity contribution in [3.8, 4) is 0 Å². The molecule has 0 aromatic heterocycles. The number of carbonyl (C=O) groups excluding carboxylic acids is 1. The van der Waals surface area contributed by atoms with E-state index in [4.69, 9.17) is 10.5 Å². The van der Waals surface area contributed by atoms with E-state index in [0.717, 1.165) is 5.56 Å². The van der Waals surface area contributed by atoms with E-state index in [2.05, 4.69) is 10.0 Å². The summed E-state index contributed by atoms with van der Waals surface area (Å²) < 4.78 is 31.2. The van der Waals surface area contributed by atoms with Gasteiger partial charge in [-0.2, -0.15) is 0 Å². The fraction of sp³-hybridized carbons (Fsp3) is 0.500. The molecule has 1 unspecified atom stereocenters. The van der Waals surface area contributed by atoms with Crippen LogP contribution in [0.4, 0.5) is 0 Å². The predicted molar refractivity (Wildman–Crippen MR) is 83.6 cm³/mol. The molecule has 0 aliphatic heterocycles. The predicted octanol–water partition coefficient (Wildman–Crippen LogP) is -0.178. The maximum absolute atomic E-state index is 12.0. The zero-order valence-electron chi connectivity index (χ0n) is 12.8. The summed E-state index contributed by atoms with van der Waals surface area (Å²) >= 11 is 0. The van der Waals surface area contributed by atoms with Gasteiger partial charge in [-0.3, -0.25) is 4.79 Å². The molecule has 0 radical (unpaired) electrons. The molecule has 0 aliphatic rings. The first-order chi connectivity index (χ1) is 10.4. The highest BCUT2D eigenvalue weighted by Crippen LogP contribution is 2.10. The van der Waals surface area contributed by atoms with Crippen molar-refractivity contribution >= 4 is 15.9 Å². The lowest BCUT2D eigenvalue weighted by Crippen LogP contribution is -2.32. The molecule has 4 N–H and O–H groups in total. The third kappa shape index (κ3) is 5.72. The molecular formula is C14H23N3O4S. The van der Waals surface area contributed by atoms with Crippen molar-refractivity contribution in [3.05, 3.63) is 29.8 Å². The Morgan fingerprint density at radius 3 is 2.50 bits per heavy atom. The van der Waals surface area contributed by atoms with E-state index in [9.17, 15) is 13.2 Å². The van der Waals surface area contributed by atoms with Crippen molar-refractivity contribution in [1.82, 2.24) is 10.0 Å². The average molecular weight is 329 g/mol. The van der Waals surface area contributed by atoms with Gasteiger partial charge in [-0.05, 0) is 17.7 Å². The quantitative estimate of drug-likeness (QED) is 0.545.